The van der Waals surface area contributed by atoms with Crippen LogP contribution >= 0.6 is 22.9 Å². The number of carbonyl (C=O) groups excluding carboxylic acids is 2. The maximum atomic E-state index is 12.7. The van der Waals surface area contributed by atoms with Gasteiger partial charge >= 0.3 is 5.97 Å². The minimum Gasteiger partial charge on any atom is -0.462 e. The van der Waals surface area contributed by atoms with Crippen LogP contribution < -0.4 is 9.62 Å². The molecule has 0 unspecified atom stereocenters. The number of carbonyl (C=O) groups is 2. The Balaban J connectivity index is 1.84. The smallest absolute Gasteiger partial charge is 0.341 e. The molecule has 0 saturated heterocycles. The van der Waals surface area contributed by atoms with Crippen LogP contribution in [-0.4, -0.2) is 39.7 Å². The molecule has 0 saturated carbocycles. The molecule has 0 radical (unpaired) electrons. The Morgan fingerprint density at radius 3 is 2.55 bits per heavy atom. The van der Waals surface area contributed by atoms with E-state index in [2.05, 4.69) is 5.32 Å². The van der Waals surface area contributed by atoms with E-state index in [9.17, 15) is 18.0 Å². The van der Waals surface area contributed by atoms with Gasteiger partial charge in [0.15, 0.2) is 0 Å². The topological polar surface area (TPSA) is 92.8 Å². The summed E-state index contributed by atoms with van der Waals surface area (Å²) in [5, 5.41) is 3.57. The van der Waals surface area contributed by atoms with Crippen LogP contribution in [0.4, 0.5) is 10.7 Å². The predicted molar refractivity (Wildman–Crippen MR) is 115 cm³/mol. The number of benzene rings is 1. The third-order valence-electron chi connectivity index (χ3n) is 4.46. The van der Waals surface area contributed by atoms with Crippen LogP contribution in [0.2, 0.25) is 5.02 Å². The number of hydrogen-bond acceptors (Lipinski definition) is 6. The Labute approximate surface area is 178 Å². The van der Waals surface area contributed by atoms with E-state index in [1.165, 1.54) is 23.5 Å². The minimum atomic E-state index is -3.71. The second kappa shape index (κ2) is 8.73. The van der Waals surface area contributed by atoms with Crippen molar-refractivity contribution in [2.75, 3.05) is 29.0 Å². The monoisotopic (exact) mass is 456 g/mol. The number of fused-ring (bicyclic) bond motifs is 1. The molecular formula is C19H21ClN2O5S2. The highest BCUT2D eigenvalue weighted by molar-refractivity contribution is 7.92. The van der Waals surface area contributed by atoms with Gasteiger partial charge < -0.3 is 10.1 Å². The lowest BCUT2D eigenvalue weighted by atomic mass is 10.1. The highest BCUT2D eigenvalue weighted by atomic mass is 35.5. The van der Waals surface area contributed by atoms with Crippen LogP contribution in [0.15, 0.2) is 24.3 Å². The molecule has 0 aliphatic heterocycles. The highest BCUT2D eigenvalue weighted by Gasteiger charge is 2.29. The van der Waals surface area contributed by atoms with E-state index < -0.39 is 28.4 Å². The van der Waals surface area contributed by atoms with Crippen LogP contribution in [0.1, 0.15) is 34.1 Å². The van der Waals surface area contributed by atoms with Crippen LogP contribution in [0.25, 0.3) is 0 Å². The van der Waals surface area contributed by atoms with Gasteiger partial charge in [0.1, 0.15) is 11.5 Å². The lowest BCUT2D eigenvalue weighted by Gasteiger charge is -2.22. The van der Waals surface area contributed by atoms with Gasteiger partial charge in [-0.15, -0.1) is 11.3 Å². The van der Waals surface area contributed by atoms with Crippen molar-refractivity contribution in [3.8, 4) is 0 Å². The van der Waals surface area contributed by atoms with Gasteiger partial charge in [-0.3, -0.25) is 9.10 Å². The van der Waals surface area contributed by atoms with Gasteiger partial charge in [0.2, 0.25) is 15.9 Å². The Hall–Kier alpha value is -2.10. The number of aryl methyl sites for hydroxylation is 1. The number of nitrogens with one attached hydrogen (secondary N) is 1. The molecule has 0 fully saturated rings. The Bertz CT molecular complexity index is 1030. The lowest BCUT2D eigenvalue weighted by Crippen LogP contribution is -2.37. The standard InChI is InChI=1S/C19H21ClN2O5S2/c1-3-27-19(24)17-14-5-4-6-15(14)28-18(17)21-16(23)11-22(29(2,25)26)13-9-7-12(20)8-10-13/h7-10H,3-6,11H2,1-2H3,(H,21,23). The number of rotatable bonds is 7. The number of sulfonamides is 1. The number of hydrogen-bond donors (Lipinski definition) is 1. The molecule has 0 atom stereocenters. The largest absolute Gasteiger partial charge is 0.462 e. The summed E-state index contributed by atoms with van der Waals surface area (Å²) in [4.78, 5) is 26.2. The molecule has 0 bridgehead atoms. The van der Waals surface area contributed by atoms with Crippen molar-refractivity contribution < 1.29 is 22.7 Å². The molecule has 7 nitrogen and oxygen atoms in total. The van der Waals surface area contributed by atoms with Gasteiger partial charge in [-0.2, -0.15) is 0 Å². The number of thiophene rings is 1. The number of anilines is 2. The summed E-state index contributed by atoms with van der Waals surface area (Å²) in [6, 6.07) is 6.16. The second-order valence-corrected chi connectivity index (χ2v) is 10.0. The zero-order chi connectivity index (χ0) is 21.2. The number of esters is 1. The zero-order valence-electron chi connectivity index (χ0n) is 16.0. The van der Waals surface area contributed by atoms with Crippen LogP contribution in [-0.2, 0) is 32.4 Å². The van der Waals surface area contributed by atoms with Gasteiger partial charge in [0.05, 0.1) is 24.1 Å². The number of ether oxygens (including phenoxy) is 1. The SMILES string of the molecule is CCOC(=O)c1c(NC(=O)CN(c2ccc(Cl)cc2)S(C)(=O)=O)sc2c1CCC2. The average molecular weight is 457 g/mol. The fourth-order valence-corrected chi connectivity index (χ4v) is 5.49. The fourth-order valence-electron chi connectivity index (χ4n) is 3.22. The van der Waals surface area contributed by atoms with Gasteiger partial charge in [-0.25, -0.2) is 13.2 Å². The highest BCUT2D eigenvalue weighted by Crippen LogP contribution is 2.39. The number of amides is 1. The zero-order valence-corrected chi connectivity index (χ0v) is 18.4. The third kappa shape index (κ3) is 4.91. The van der Waals surface area contributed by atoms with Crippen molar-refractivity contribution in [3.63, 3.8) is 0 Å². The van der Waals surface area contributed by atoms with Crippen molar-refractivity contribution >= 4 is 55.5 Å². The maximum absolute atomic E-state index is 12.7. The molecule has 1 amide bonds. The molecule has 10 heteroatoms. The molecule has 1 aliphatic carbocycles. The van der Waals surface area contributed by atoms with Gasteiger partial charge in [-0.1, -0.05) is 11.6 Å². The first-order valence-corrected chi connectivity index (χ1v) is 12.1. The van der Waals surface area contributed by atoms with E-state index in [0.29, 0.717) is 21.3 Å². The molecule has 0 spiro atoms. The lowest BCUT2D eigenvalue weighted by molar-refractivity contribution is -0.114. The summed E-state index contributed by atoms with van der Waals surface area (Å²) in [5.41, 5.74) is 1.63. The number of halogens is 1. The maximum Gasteiger partial charge on any atom is 0.341 e. The van der Waals surface area contributed by atoms with E-state index in [1.54, 1.807) is 19.1 Å². The quantitative estimate of drug-likeness (QED) is 0.644. The van der Waals surface area contributed by atoms with Crippen LogP contribution in [0.5, 0.6) is 0 Å². The molecule has 156 valence electrons. The van der Waals surface area contributed by atoms with Crippen LogP contribution in [0, 0.1) is 0 Å². The van der Waals surface area contributed by atoms with E-state index >= 15 is 0 Å². The van der Waals surface area contributed by atoms with Crippen molar-refractivity contribution in [1.82, 2.24) is 0 Å². The summed E-state index contributed by atoms with van der Waals surface area (Å²) in [7, 11) is -3.71. The summed E-state index contributed by atoms with van der Waals surface area (Å²) in [6.45, 7) is 1.53. The molecule has 1 heterocycles. The number of nitrogens with zero attached hydrogens (tertiary/aromatic N) is 1. The minimum absolute atomic E-state index is 0.231. The van der Waals surface area contributed by atoms with Crippen LogP contribution in [0.3, 0.4) is 0 Å². The van der Waals surface area contributed by atoms with E-state index in [1.807, 2.05) is 0 Å². The summed E-state index contributed by atoms with van der Waals surface area (Å²) in [6.07, 6.45) is 3.59. The van der Waals surface area contributed by atoms with Gasteiger partial charge in [-0.05, 0) is 56.0 Å². The second-order valence-electron chi connectivity index (χ2n) is 6.58. The Kier molecular flexibility index (Phi) is 6.50. The molecule has 2 aromatic rings. The van der Waals surface area contributed by atoms with Gasteiger partial charge in [0, 0.05) is 9.90 Å². The van der Waals surface area contributed by atoms with Crippen molar-refractivity contribution in [2.24, 2.45) is 0 Å². The van der Waals surface area contributed by atoms with E-state index in [-0.39, 0.29) is 6.61 Å². The average Bonchev–Trinajstić information content (AvgIpc) is 3.20. The Morgan fingerprint density at radius 1 is 1.24 bits per heavy atom. The van der Waals surface area contributed by atoms with E-state index in [0.717, 1.165) is 40.3 Å². The molecule has 1 N–H and O–H groups in total. The predicted octanol–water partition coefficient (Wildman–Crippen LogP) is 3.47. The molecule has 1 aliphatic rings. The molecular weight excluding hydrogens is 436 g/mol. The van der Waals surface area contributed by atoms with Crippen molar-refractivity contribution in [1.29, 1.82) is 0 Å². The molecule has 1 aromatic heterocycles. The first-order chi connectivity index (χ1) is 13.7. The summed E-state index contributed by atoms with van der Waals surface area (Å²) in [5.74, 6) is -1.02. The molecule has 29 heavy (non-hydrogen) atoms. The molecule has 3 rings (SSSR count). The fraction of sp³-hybridized carbons (Fsp3) is 0.368. The van der Waals surface area contributed by atoms with Gasteiger partial charge in [0.25, 0.3) is 0 Å². The first kappa shape index (κ1) is 21.6. The van der Waals surface area contributed by atoms with E-state index in [4.69, 9.17) is 16.3 Å². The first-order valence-electron chi connectivity index (χ1n) is 9.05. The normalized spacial score (nSPS) is 13.1. The molecule has 1 aromatic carbocycles. The summed E-state index contributed by atoms with van der Waals surface area (Å²) < 4.78 is 30.6. The third-order valence-corrected chi connectivity index (χ3v) is 7.06. The summed E-state index contributed by atoms with van der Waals surface area (Å²) >= 11 is 7.21. The van der Waals surface area contributed by atoms with Crippen molar-refractivity contribution in [2.45, 2.75) is 26.2 Å². The van der Waals surface area contributed by atoms with Crippen molar-refractivity contribution in [3.05, 3.63) is 45.3 Å². The Morgan fingerprint density at radius 2 is 1.93 bits per heavy atom.